The zero-order chi connectivity index (χ0) is 25.7. The summed E-state index contributed by atoms with van der Waals surface area (Å²) in [5.41, 5.74) is 0.714. The van der Waals surface area contributed by atoms with Gasteiger partial charge in [0.15, 0.2) is 11.6 Å². The number of rotatable bonds is 10. The molecule has 0 atom stereocenters. The van der Waals surface area contributed by atoms with Crippen molar-refractivity contribution in [3.8, 4) is 34.6 Å². The number of aryl methyl sites for hydroxylation is 1. The van der Waals surface area contributed by atoms with Crippen LogP contribution in [0.25, 0.3) is 17.2 Å². The first-order chi connectivity index (χ1) is 17.3. The number of halogens is 1. The largest absolute Gasteiger partial charge is 0.494 e. The molecule has 0 fully saturated rings. The summed E-state index contributed by atoms with van der Waals surface area (Å²) in [6.45, 7) is 0. The predicted octanol–water partition coefficient (Wildman–Crippen LogP) is 2.27. The quantitative estimate of drug-likeness (QED) is 0.334. The molecule has 0 aliphatic heterocycles. The third kappa shape index (κ3) is 5.33. The van der Waals surface area contributed by atoms with Crippen LogP contribution < -0.4 is 18.9 Å². The van der Waals surface area contributed by atoms with E-state index in [4.69, 9.17) is 14.2 Å². The molecule has 0 aliphatic rings. The molecule has 1 N–H and O–H groups in total. The average Bonchev–Trinajstić information content (AvgIpc) is 3.30. The van der Waals surface area contributed by atoms with E-state index in [0.29, 0.717) is 28.8 Å². The molecule has 0 saturated carbocycles. The van der Waals surface area contributed by atoms with Crippen molar-refractivity contribution in [2.24, 2.45) is 0 Å². The van der Waals surface area contributed by atoms with E-state index in [9.17, 15) is 12.8 Å². The van der Waals surface area contributed by atoms with E-state index in [0.717, 1.165) is 12.4 Å². The molecule has 0 spiro atoms. The highest BCUT2D eigenvalue weighted by Gasteiger charge is 2.26. The van der Waals surface area contributed by atoms with Crippen LogP contribution >= 0.6 is 0 Å². The number of ether oxygens (including phenoxy) is 3. The summed E-state index contributed by atoms with van der Waals surface area (Å²) in [5, 5.41) is 8.27. The number of nitrogens with one attached hydrogen (secondary N) is 1. The Kier molecular flexibility index (Phi) is 7.24. The van der Waals surface area contributed by atoms with E-state index < -0.39 is 15.8 Å². The van der Waals surface area contributed by atoms with E-state index in [1.165, 1.54) is 25.9 Å². The highest BCUT2D eigenvalue weighted by molar-refractivity contribution is 7.92. The van der Waals surface area contributed by atoms with Crippen molar-refractivity contribution in [3.05, 3.63) is 60.4 Å². The van der Waals surface area contributed by atoms with Gasteiger partial charge in [0.2, 0.25) is 21.9 Å². The van der Waals surface area contributed by atoms with Crippen LogP contribution in [0.4, 0.5) is 10.3 Å². The van der Waals surface area contributed by atoms with Crippen LogP contribution in [-0.2, 0) is 16.4 Å². The molecule has 0 amide bonds. The number of benzene rings is 1. The van der Waals surface area contributed by atoms with Gasteiger partial charge in [0, 0.05) is 12.5 Å². The molecule has 0 radical (unpaired) electrons. The number of methoxy groups -OCH3 is 3. The van der Waals surface area contributed by atoms with Gasteiger partial charge in [-0.1, -0.05) is 12.1 Å². The van der Waals surface area contributed by atoms with E-state index in [2.05, 4.69) is 29.9 Å². The number of hydrogen-bond acceptors (Lipinski definition) is 10. The number of aromatic nitrogens is 6. The highest BCUT2D eigenvalue weighted by Crippen LogP contribution is 2.37. The van der Waals surface area contributed by atoms with Gasteiger partial charge in [0.05, 0.1) is 39.5 Å². The Balaban J connectivity index is 1.78. The second-order valence-corrected chi connectivity index (χ2v) is 9.09. The number of pyridine rings is 1. The molecule has 0 aliphatic carbocycles. The third-order valence-corrected chi connectivity index (χ3v) is 6.20. The van der Waals surface area contributed by atoms with Crippen LogP contribution in [0.2, 0.25) is 0 Å². The Morgan fingerprint density at radius 1 is 0.944 bits per heavy atom. The minimum Gasteiger partial charge on any atom is -0.494 e. The lowest BCUT2D eigenvalue weighted by molar-refractivity contribution is 0.391. The first-order valence-corrected chi connectivity index (χ1v) is 12.2. The highest BCUT2D eigenvalue weighted by atomic mass is 32.2. The molecule has 1 aromatic carbocycles. The fourth-order valence-corrected chi connectivity index (χ4v) is 4.28. The number of para-hydroxylation sites is 1. The summed E-state index contributed by atoms with van der Waals surface area (Å²) in [7, 11) is 0.450. The van der Waals surface area contributed by atoms with Crippen molar-refractivity contribution in [1.29, 1.82) is 0 Å². The van der Waals surface area contributed by atoms with Crippen LogP contribution in [0.15, 0.2) is 48.8 Å². The molecule has 4 rings (SSSR count). The molecule has 0 bridgehead atoms. The molecule has 0 unspecified atom stereocenters. The van der Waals surface area contributed by atoms with Crippen LogP contribution in [0.3, 0.4) is 0 Å². The maximum Gasteiger partial charge on any atom is 0.243 e. The molecule has 3 aromatic heterocycles. The SMILES string of the molecule is COc1cccc(-c2nnc(NS(=O)(=O)CCc3ncc(F)cn3)n2-c2c(OC)cccc2OC)n1. The van der Waals surface area contributed by atoms with E-state index in [1.807, 2.05) is 0 Å². The van der Waals surface area contributed by atoms with Crippen molar-refractivity contribution < 1.29 is 27.0 Å². The topological polar surface area (TPSA) is 143 Å². The predicted molar refractivity (Wildman–Crippen MR) is 127 cm³/mol. The van der Waals surface area contributed by atoms with E-state index >= 15 is 0 Å². The van der Waals surface area contributed by atoms with E-state index in [-0.39, 0.29) is 29.8 Å². The van der Waals surface area contributed by atoms with Gasteiger partial charge in [0.25, 0.3) is 0 Å². The third-order valence-electron chi connectivity index (χ3n) is 4.97. The van der Waals surface area contributed by atoms with Crippen LogP contribution in [-0.4, -0.2) is 65.2 Å². The number of nitrogens with zero attached hydrogens (tertiary/aromatic N) is 6. The molecule has 3 heterocycles. The first kappa shape index (κ1) is 24.8. The Morgan fingerprint density at radius 3 is 2.25 bits per heavy atom. The zero-order valence-corrected chi connectivity index (χ0v) is 20.4. The maximum atomic E-state index is 13.1. The Bertz CT molecular complexity index is 1440. The summed E-state index contributed by atoms with van der Waals surface area (Å²) in [6.07, 6.45) is 1.90. The van der Waals surface area contributed by atoms with Gasteiger partial charge in [0.1, 0.15) is 28.7 Å². The summed E-state index contributed by atoms with van der Waals surface area (Å²) >= 11 is 0. The van der Waals surface area contributed by atoms with Crippen molar-refractivity contribution >= 4 is 16.0 Å². The molecule has 188 valence electrons. The van der Waals surface area contributed by atoms with Crippen LogP contribution in [0.1, 0.15) is 5.82 Å². The van der Waals surface area contributed by atoms with Gasteiger partial charge >= 0.3 is 0 Å². The standard InChI is InChI=1S/C22H22FN7O5S/c1-33-16-7-5-8-17(34-2)20(16)30-21(15-6-4-9-19(26-15)35-3)27-28-22(30)29-36(31,32)11-10-18-24-12-14(23)13-25-18/h4-9,12-13H,10-11H2,1-3H3,(H,28,29). The van der Waals surface area contributed by atoms with Gasteiger partial charge in [-0.15, -0.1) is 10.2 Å². The van der Waals surface area contributed by atoms with Gasteiger partial charge in [-0.3, -0.25) is 9.29 Å². The number of hydrogen-bond donors (Lipinski definition) is 1. The normalized spacial score (nSPS) is 11.2. The molecule has 14 heteroatoms. The molecule has 36 heavy (non-hydrogen) atoms. The molecular weight excluding hydrogens is 493 g/mol. The Labute approximate surface area is 206 Å². The lowest BCUT2D eigenvalue weighted by Crippen LogP contribution is -2.21. The first-order valence-electron chi connectivity index (χ1n) is 10.5. The molecular formula is C22H22FN7O5S. The fourth-order valence-electron chi connectivity index (χ4n) is 3.32. The van der Waals surface area contributed by atoms with Crippen molar-refractivity contribution in [2.75, 3.05) is 31.8 Å². The summed E-state index contributed by atoms with van der Waals surface area (Å²) in [5.74, 6) is 0.329. The maximum absolute atomic E-state index is 13.1. The number of sulfonamides is 1. The van der Waals surface area contributed by atoms with Crippen LogP contribution in [0, 0.1) is 5.82 Å². The molecule has 4 aromatic rings. The minimum atomic E-state index is -3.97. The average molecular weight is 516 g/mol. The van der Waals surface area contributed by atoms with Gasteiger partial charge in [-0.05, 0) is 18.2 Å². The summed E-state index contributed by atoms with van der Waals surface area (Å²) < 4.78 is 59.1. The fraction of sp³-hybridized carbons (Fsp3) is 0.227. The smallest absolute Gasteiger partial charge is 0.243 e. The lowest BCUT2D eigenvalue weighted by Gasteiger charge is -2.17. The second kappa shape index (κ2) is 10.5. The van der Waals surface area contributed by atoms with Gasteiger partial charge in [-0.2, -0.15) is 0 Å². The van der Waals surface area contributed by atoms with Gasteiger partial charge < -0.3 is 14.2 Å². The Hall–Kier alpha value is -4.33. The van der Waals surface area contributed by atoms with Crippen LogP contribution in [0.5, 0.6) is 17.4 Å². The summed E-state index contributed by atoms with van der Waals surface area (Å²) in [4.78, 5) is 12.0. The molecule has 12 nitrogen and oxygen atoms in total. The Morgan fingerprint density at radius 2 is 1.61 bits per heavy atom. The zero-order valence-electron chi connectivity index (χ0n) is 19.5. The monoisotopic (exact) mass is 515 g/mol. The van der Waals surface area contributed by atoms with Crippen molar-refractivity contribution in [1.82, 2.24) is 29.7 Å². The van der Waals surface area contributed by atoms with Crippen molar-refractivity contribution in [2.45, 2.75) is 6.42 Å². The van der Waals surface area contributed by atoms with Crippen molar-refractivity contribution in [3.63, 3.8) is 0 Å². The summed E-state index contributed by atoms with van der Waals surface area (Å²) in [6, 6.07) is 10.1. The molecule has 0 saturated heterocycles. The van der Waals surface area contributed by atoms with Gasteiger partial charge in [-0.25, -0.2) is 27.8 Å². The minimum absolute atomic E-state index is 0.0496. The second-order valence-electron chi connectivity index (χ2n) is 7.25. The number of anilines is 1. The lowest BCUT2D eigenvalue weighted by atomic mass is 10.2. The van der Waals surface area contributed by atoms with E-state index in [1.54, 1.807) is 36.4 Å².